The fourth-order valence-electron chi connectivity index (χ4n) is 3.55. The van der Waals surface area contributed by atoms with Crippen molar-refractivity contribution < 1.29 is 9.59 Å². The third-order valence-corrected chi connectivity index (χ3v) is 5.18. The first-order valence-electron chi connectivity index (χ1n) is 9.13. The summed E-state index contributed by atoms with van der Waals surface area (Å²) in [5.41, 5.74) is 5.41. The molecule has 2 aliphatic heterocycles. The van der Waals surface area contributed by atoms with Crippen molar-refractivity contribution in [3.8, 4) is 0 Å². The lowest BCUT2D eigenvalue weighted by atomic mass is 9.99. The minimum atomic E-state index is -0.104. The number of nitrogens with zero attached hydrogens (tertiary/aromatic N) is 3. The molecule has 138 valence electrons. The number of fused-ring (bicyclic) bond motifs is 1. The zero-order valence-electron chi connectivity index (χ0n) is 15.3. The predicted molar refractivity (Wildman–Crippen MR) is 104 cm³/mol. The molecule has 6 nitrogen and oxygen atoms in total. The lowest BCUT2D eigenvalue weighted by Gasteiger charge is -2.25. The van der Waals surface area contributed by atoms with Crippen LogP contribution in [-0.4, -0.2) is 39.8 Å². The van der Waals surface area contributed by atoms with E-state index in [0.29, 0.717) is 19.6 Å². The van der Waals surface area contributed by atoms with Gasteiger partial charge in [0.05, 0.1) is 0 Å². The Morgan fingerprint density at radius 3 is 2.48 bits per heavy atom. The number of carbonyl (C=O) groups excluding carboxylic acids is 2. The minimum Gasteiger partial charge on any atom is -0.339 e. The minimum absolute atomic E-state index is 0.104. The Hall–Kier alpha value is -3.15. The highest BCUT2D eigenvalue weighted by Crippen LogP contribution is 2.25. The SMILES string of the molecule is CC(=O)N1CC=C(c2ccc(NC(=O)N3Cc4ccncc4C3)cc2)CC1. The summed E-state index contributed by atoms with van der Waals surface area (Å²) in [7, 11) is 0. The summed E-state index contributed by atoms with van der Waals surface area (Å²) in [6.07, 6.45) is 6.54. The van der Waals surface area contributed by atoms with E-state index in [-0.39, 0.29) is 11.9 Å². The Morgan fingerprint density at radius 2 is 1.81 bits per heavy atom. The van der Waals surface area contributed by atoms with Gasteiger partial charge in [-0.05, 0) is 46.9 Å². The summed E-state index contributed by atoms with van der Waals surface area (Å²) in [6.45, 7) is 4.22. The van der Waals surface area contributed by atoms with E-state index in [1.165, 1.54) is 5.57 Å². The molecule has 1 N–H and O–H groups in total. The summed E-state index contributed by atoms with van der Waals surface area (Å²) >= 11 is 0. The largest absolute Gasteiger partial charge is 0.339 e. The number of amides is 3. The second-order valence-corrected chi connectivity index (χ2v) is 6.95. The first kappa shape index (κ1) is 17.3. The van der Waals surface area contributed by atoms with E-state index in [0.717, 1.165) is 35.3 Å². The van der Waals surface area contributed by atoms with Crippen LogP contribution in [0.25, 0.3) is 5.57 Å². The van der Waals surface area contributed by atoms with Gasteiger partial charge in [-0.2, -0.15) is 0 Å². The first-order valence-corrected chi connectivity index (χ1v) is 9.13. The number of nitrogens with one attached hydrogen (secondary N) is 1. The van der Waals surface area contributed by atoms with Crippen molar-refractivity contribution in [1.82, 2.24) is 14.8 Å². The van der Waals surface area contributed by atoms with Crippen LogP contribution >= 0.6 is 0 Å². The maximum absolute atomic E-state index is 12.5. The molecule has 0 spiro atoms. The molecule has 1 aromatic heterocycles. The van der Waals surface area contributed by atoms with Crippen LogP contribution in [0.5, 0.6) is 0 Å². The second kappa shape index (κ2) is 7.23. The van der Waals surface area contributed by atoms with Gasteiger partial charge in [0.15, 0.2) is 0 Å². The molecule has 0 radical (unpaired) electrons. The van der Waals surface area contributed by atoms with Crippen LogP contribution < -0.4 is 5.32 Å². The van der Waals surface area contributed by atoms with Crippen LogP contribution in [0.15, 0.2) is 48.8 Å². The molecule has 2 aromatic rings. The third-order valence-electron chi connectivity index (χ3n) is 5.18. The molecule has 0 atom stereocenters. The Morgan fingerprint density at radius 1 is 1.04 bits per heavy atom. The highest BCUT2D eigenvalue weighted by atomic mass is 16.2. The molecule has 0 bridgehead atoms. The van der Waals surface area contributed by atoms with Crippen molar-refractivity contribution in [3.63, 3.8) is 0 Å². The third kappa shape index (κ3) is 3.69. The van der Waals surface area contributed by atoms with E-state index in [4.69, 9.17) is 0 Å². The topological polar surface area (TPSA) is 65.5 Å². The predicted octanol–water partition coefficient (Wildman–Crippen LogP) is 3.26. The van der Waals surface area contributed by atoms with E-state index in [1.54, 1.807) is 18.0 Å². The maximum Gasteiger partial charge on any atom is 0.322 e. The summed E-state index contributed by atoms with van der Waals surface area (Å²) in [6, 6.07) is 9.75. The Labute approximate surface area is 158 Å². The van der Waals surface area contributed by atoms with Gasteiger partial charge in [-0.15, -0.1) is 0 Å². The van der Waals surface area contributed by atoms with Gasteiger partial charge in [-0.3, -0.25) is 9.78 Å². The van der Waals surface area contributed by atoms with Gasteiger partial charge >= 0.3 is 6.03 Å². The molecule has 0 saturated heterocycles. The van der Waals surface area contributed by atoms with Gasteiger partial charge in [-0.25, -0.2) is 4.79 Å². The molecule has 1 aromatic carbocycles. The molecule has 6 heteroatoms. The van der Waals surface area contributed by atoms with E-state index >= 15 is 0 Å². The monoisotopic (exact) mass is 362 g/mol. The quantitative estimate of drug-likeness (QED) is 0.892. The lowest BCUT2D eigenvalue weighted by molar-refractivity contribution is -0.128. The van der Waals surface area contributed by atoms with Crippen LogP contribution in [0.2, 0.25) is 0 Å². The molecular weight excluding hydrogens is 340 g/mol. The number of pyridine rings is 1. The zero-order valence-corrected chi connectivity index (χ0v) is 15.3. The van der Waals surface area contributed by atoms with Crippen molar-refractivity contribution in [2.45, 2.75) is 26.4 Å². The van der Waals surface area contributed by atoms with Crippen LogP contribution in [0, 0.1) is 0 Å². The molecular formula is C21H22N4O2. The normalized spacial score (nSPS) is 16.0. The van der Waals surface area contributed by atoms with Crippen molar-refractivity contribution in [2.75, 3.05) is 18.4 Å². The van der Waals surface area contributed by atoms with Gasteiger partial charge in [0.1, 0.15) is 0 Å². The molecule has 3 heterocycles. The second-order valence-electron chi connectivity index (χ2n) is 6.95. The molecule has 0 fully saturated rings. The van der Waals surface area contributed by atoms with E-state index in [1.807, 2.05) is 41.4 Å². The number of urea groups is 1. The molecule has 0 saturated carbocycles. The molecule has 0 unspecified atom stereocenters. The molecule has 0 aliphatic carbocycles. The summed E-state index contributed by atoms with van der Waals surface area (Å²) in [5.74, 6) is 0.114. The van der Waals surface area contributed by atoms with Gasteiger partial charge in [0.25, 0.3) is 0 Å². The van der Waals surface area contributed by atoms with Crippen LogP contribution in [0.3, 0.4) is 0 Å². The highest BCUT2D eigenvalue weighted by molar-refractivity contribution is 5.90. The number of carbonyl (C=O) groups is 2. The molecule has 4 rings (SSSR count). The number of benzene rings is 1. The number of hydrogen-bond donors (Lipinski definition) is 1. The van der Waals surface area contributed by atoms with Crippen molar-refractivity contribution in [3.05, 3.63) is 65.5 Å². The van der Waals surface area contributed by atoms with Crippen LogP contribution in [0.4, 0.5) is 10.5 Å². The number of anilines is 1. The maximum atomic E-state index is 12.5. The number of aromatic nitrogens is 1. The van der Waals surface area contributed by atoms with E-state index in [9.17, 15) is 9.59 Å². The lowest BCUT2D eigenvalue weighted by Crippen LogP contribution is -2.32. The Kier molecular flexibility index (Phi) is 4.62. The van der Waals surface area contributed by atoms with Crippen molar-refractivity contribution in [2.24, 2.45) is 0 Å². The molecule has 27 heavy (non-hydrogen) atoms. The smallest absolute Gasteiger partial charge is 0.322 e. The molecule has 2 aliphatic rings. The fraction of sp³-hybridized carbons (Fsp3) is 0.286. The number of rotatable bonds is 2. The average Bonchev–Trinajstić information content (AvgIpc) is 3.13. The van der Waals surface area contributed by atoms with E-state index < -0.39 is 0 Å². The Balaban J connectivity index is 1.37. The summed E-state index contributed by atoms with van der Waals surface area (Å²) < 4.78 is 0. The summed E-state index contributed by atoms with van der Waals surface area (Å²) in [4.78, 5) is 31.7. The fourth-order valence-corrected chi connectivity index (χ4v) is 3.55. The van der Waals surface area contributed by atoms with Gasteiger partial charge in [0, 0.05) is 51.2 Å². The summed E-state index contributed by atoms with van der Waals surface area (Å²) in [5, 5.41) is 2.97. The standard InChI is InChI=1S/C21H22N4O2/c1-15(26)24-10-7-17(8-11-24)16-2-4-20(5-3-16)23-21(27)25-13-18-6-9-22-12-19(18)14-25/h2-7,9,12H,8,10-11,13-14H2,1H3,(H,23,27). The zero-order chi connectivity index (χ0) is 18.8. The van der Waals surface area contributed by atoms with Crippen molar-refractivity contribution in [1.29, 1.82) is 0 Å². The van der Waals surface area contributed by atoms with E-state index in [2.05, 4.69) is 16.4 Å². The molecule has 3 amide bonds. The van der Waals surface area contributed by atoms with Gasteiger partial charge < -0.3 is 15.1 Å². The van der Waals surface area contributed by atoms with Gasteiger partial charge in [-0.1, -0.05) is 18.2 Å². The number of hydrogen-bond acceptors (Lipinski definition) is 3. The van der Waals surface area contributed by atoms with Gasteiger partial charge in [0.2, 0.25) is 5.91 Å². The first-order chi connectivity index (χ1) is 13.1. The van der Waals surface area contributed by atoms with Crippen LogP contribution in [-0.2, 0) is 17.9 Å². The average molecular weight is 362 g/mol. The van der Waals surface area contributed by atoms with Crippen LogP contribution in [0.1, 0.15) is 30.0 Å². The Bertz CT molecular complexity index is 880. The highest BCUT2D eigenvalue weighted by Gasteiger charge is 2.23. The van der Waals surface area contributed by atoms with Crippen molar-refractivity contribution >= 4 is 23.2 Å².